The van der Waals surface area contributed by atoms with E-state index in [1.165, 1.54) is 22.4 Å². The molecule has 1 aromatic heterocycles. The molecule has 2 rings (SSSR count). The van der Waals surface area contributed by atoms with Gasteiger partial charge in [-0.25, -0.2) is 0 Å². The highest BCUT2D eigenvalue weighted by atomic mass is 15.1. The van der Waals surface area contributed by atoms with Gasteiger partial charge in [0.2, 0.25) is 0 Å². The van der Waals surface area contributed by atoms with Crippen LogP contribution < -0.4 is 4.90 Å². The summed E-state index contributed by atoms with van der Waals surface area (Å²) in [7, 11) is 2.13. The molecule has 0 saturated heterocycles. The zero-order valence-corrected chi connectivity index (χ0v) is 11.6. The van der Waals surface area contributed by atoms with Crippen LogP contribution in [0.1, 0.15) is 22.4 Å². The third-order valence-electron chi connectivity index (χ3n) is 3.41. The Kier molecular flexibility index (Phi) is 3.66. The monoisotopic (exact) mass is 240 g/mol. The van der Waals surface area contributed by atoms with Crippen LogP contribution in [0.2, 0.25) is 0 Å². The first-order chi connectivity index (χ1) is 8.59. The van der Waals surface area contributed by atoms with Gasteiger partial charge >= 0.3 is 0 Å². The van der Waals surface area contributed by atoms with Crippen LogP contribution in [0.5, 0.6) is 0 Å². The summed E-state index contributed by atoms with van der Waals surface area (Å²) in [5, 5.41) is 0. The Labute approximate surface area is 109 Å². The van der Waals surface area contributed by atoms with E-state index in [4.69, 9.17) is 0 Å². The van der Waals surface area contributed by atoms with E-state index in [9.17, 15) is 0 Å². The molecule has 0 bridgehead atoms. The minimum absolute atomic E-state index is 0.839. The van der Waals surface area contributed by atoms with Crippen molar-refractivity contribution in [2.45, 2.75) is 27.3 Å². The summed E-state index contributed by atoms with van der Waals surface area (Å²) >= 11 is 0. The minimum Gasteiger partial charge on any atom is -0.368 e. The number of aryl methyl sites for hydroxylation is 2. The molecule has 0 aliphatic carbocycles. The van der Waals surface area contributed by atoms with Crippen molar-refractivity contribution in [2.75, 3.05) is 11.9 Å². The van der Waals surface area contributed by atoms with E-state index in [-0.39, 0.29) is 0 Å². The summed E-state index contributed by atoms with van der Waals surface area (Å²) in [5.41, 5.74) is 6.43. The highest BCUT2D eigenvalue weighted by Gasteiger charge is 2.10. The highest BCUT2D eigenvalue weighted by molar-refractivity contribution is 5.60. The third-order valence-corrected chi connectivity index (χ3v) is 3.41. The molecular formula is C16H20N2. The molecule has 0 unspecified atom stereocenters. The molecule has 0 spiro atoms. The van der Waals surface area contributed by atoms with E-state index in [2.05, 4.69) is 55.9 Å². The zero-order valence-electron chi connectivity index (χ0n) is 11.6. The maximum atomic E-state index is 4.38. The molecule has 0 amide bonds. The van der Waals surface area contributed by atoms with Gasteiger partial charge in [0.1, 0.15) is 0 Å². The van der Waals surface area contributed by atoms with E-state index in [0.717, 1.165) is 12.2 Å². The lowest BCUT2D eigenvalue weighted by atomic mass is 10.0. The van der Waals surface area contributed by atoms with Crippen molar-refractivity contribution in [3.05, 3.63) is 58.9 Å². The van der Waals surface area contributed by atoms with Gasteiger partial charge in [0.25, 0.3) is 0 Å². The molecule has 2 heteroatoms. The molecule has 0 aliphatic rings. The van der Waals surface area contributed by atoms with Gasteiger partial charge in [-0.2, -0.15) is 0 Å². The molecule has 0 saturated carbocycles. The van der Waals surface area contributed by atoms with Gasteiger partial charge in [0.15, 0.2) is 0 Å². The molecule has 0 aliphatic heterocycles. The van der Waals surface area contributed by atoms with Crippen molar-refractivity contribution in [3.63, 3.8) is 0 Å². The highest BCUT2D eigenvalue weighted by Crippen LogP contribution is 2.27. The number of aromatic nitrogens is 1. The molecule has 2 aromatic rings. The first-order valence-electron chi connectivity index (χ1n) is 6.27. The Morgan fingerprint density at radius 3 is 2.39 bits per heavy atom. The molecule has 94 valence electrons. The quantitative estimate of drug-likeness (QED) is 0.814. The molecular weight excluding hydrogens is 220 g/mol. The first-order valence-corrected chi connectivity index (χ1v) is 6.27. The molecule has 1 aromatic carbocycles. The lowest BCUT2D eigenvalue weighted by Gasteiger charge is -2.24. The van der Waals surface area contributed by atoms with Crippen LogP contribution in [0.3, 0.4) is 0 Å². The first kappa shape index (κ1) is 12.6. The van der Waals surface area contributed by atoms with Gasteiger partial charge in [-0.15, -0.1) is 0 Å². The number of hydrogen-bond donors (Lipinski definition) is 0. The molecule has 0 atom stereocenters. The fraction of sp³-hybridized carbons (Fsp3) is 0.312. The molecule has 0 fully saturated rings. The summed E-state index contributed by atoms with van der Waals surface area (Å²) in [6.07, 6.45) is 1.85. The van der Waals surface area contributed by atoms with Gasteiger partial charge in [0.05, 0.1) is 12.2 Å². The number of anilines is 1. The zero-order chi connectivity index (χ0) is 13.1. The number of benzene rings is 1. The normalized spacial score (nSPS) is 10.4. The second-order valence-corrected chi connectivity index (χ2v) is 4.85. The average Bonchev–Trinajstić information content (AvgIpc) is 2.36. The predicted molar refractivity (Wildman–Crippen MR) is 77.0 cm³/mol. The van der Waals surface area contributed by atoms with Crippen molar-refractivity contribution >= 4 is 5.69 Å². The van der Waals surface area contributed by atoms with Gasteiger partial charge in [-0.05, 0) is 49.6 Å². The smallest absolute Gasteiger partial charge is 0.0598 e. The van der Waals surface area contributed by atoms with E-state index in [1.807, 2.05) is 18.3 Å². The van der Waals surface area contributed by atoms with Crippen LogP contribution in [0.25, 0.3) is 0 Å². The fourth-order valence-corrected chi connectivity index (χ4v) is 2.34. The number of rotatable bonds is 3. The Balaban J connectivity index is 2.29. The van der Waals surface area contributed by atoms with Crippen molar-refractivity contribution in [1.29, 1.82) is 0 Å². The molecule has 0 N–H and O–H groups in total. The lowest BCUT2D eigenvalue weighted by molar-refractivity contribution is 0.875. The molecule has 1 heterocycles. The third kappa shape index (κ3) is 2.53. The summed E-state index contributed by atoms with van der Waals surface area (Å²) in [4.78, 5) is 6.66. The van der Waals surface area contributed by atoms with Gasteiger partial charge in [-0.3, -0.25) is 4.98 Å². The summed E-state index contributed by atoms with van der Waals surface area (Å²) in [5.74, 6) is 0. The van der Waals surface area contributed by atoms with Crippen LogP contribution in [0.15, 0.2) is 36.5 Å². The second kappa shape index (κ2) is 5.21. The van der Waals surface area contributed by atoms with Crippen LogP contribution in [-0.4, -0.2) is 12.0 Å². The second-order valence-electron chi connectivity index (χ2n) is 4.85. The van der Waals surface area contributed by atoms with Crippen molar-refractivity contribution in [1.82, 2.24) is 4.98 Å². The molecule has 0 radical (unpaired) electrons. The van der Waals surface area contributed by atoms with Crippen LogP contribution in [0, 0.1) is 20.8 Å². The van der Waals surface area contributed by atoms with Crippen LogP contribution in [-0.2, 0) is 6.54 Å². The maximum absolute atomic E-state index is 4.38. The predicted octanol–water partition coefficient (Wildman–Crippen LogP) is 3.64. The van der Waals surface area contributed by atoms with Gasteiger partial charge in [0, 0.05) is 18.9 Å². The topological polar surface area (TPSA) is 16.1 Å². The van der Waals surface area contributed by atoms with E-state index in [0.29, 0.717) is 0 Å². The number of nitrogens with zero attached hydrogens (tertiary/aromatic N) is 2. The number of pyridine rings is 1. The Bertz CT molecular complexity index is 532. The van der Waals surface area contributed by atoms with Crippen LogP contribution in [0.4, 0.5) is 5.69 Å². The molecule has 2 nitrogen and oxygen atoms in total. The Morgan fingerprint density at radius 1 is 1.00 bits per heavy atom. The van der Waals surface area contributed by atoms with E-state index < -0.39 is 0 Å². The standard InChI is InChI=1S/C16H20N2/c1-12-8-9-13(2)16(14(12)3)18(4)11-15-7-5-6-10-17-15/h5-10H,11H2,1-4H3. The largest absolute Gasteiger partial charge is 0.368 e. The van der Waals surface area contributed by atoms with Gasteiger partial charge < -0.3 is 4.90 Å². The summed E-state index contributed by atoms with van der Waals surface area (Å²) in [6.45, 7) is 7.35. The van der Waals surface area contributed by atoms with E-state index >= 15 is 0 Å². The van der Waals surface area contributed by atoms with Crippen molar-refractivity contribution in [3.8, 4) is 0 Å². The molecule has 18 heavy (non-hydrogen) atoms. The van der Waals surface area contributed by atoms with E-state index in [1.54, 1.807) is 0 Å². The lowest BCUT2D eigenvalue weighted by Crippen LogP contribution is -2.19. The number of hydrogen-bond acceptors (Lipinski definition) is 2. The van der Waals surface area contributed by atoms with Crippen molar-refractivity contribution in [2.24, 2.45) is 0 Å². The van der Waals surface area contributed by atoms with Crippen molar-refractivity contribution < 1.29 is 0 Å². The Morgan fingerprint density at radius 2 is 1.72 bits per heavy atom. The fourth-order valence-electron chi connectivity index (χ4n) is 2.34. The average molecular weight is 240 g/mol. The summed E-state index contributed by atoms with van der Waals surface area (Å²) < 4.78 is 0. The van der Waals surface area contributed by atoms with Gasteiger partial charge in [-0.1, -0.05) is 18.2 Å². The maximum Gasteiger partial charge on any atom is 0.0598 e. The SMILES string of the molecule is Cc1ccc(C)c(N(C)Cc2ccccn2)c1C. The van der Waals surface area contributed by atoms with Crippen LogP contribution >= 0.6 is 0 Å². The minimum atomic E-state index is 0.839. The Hall–Kier alpha value is -1.83. The summed E-state index contributed by atoms with van der Waals surface area (Å²) in [6, 6.07) is 10.4.